The lowest BCUT2D eigenvalue weighted by molar-refractivity contribution is -0.133. The first-order chi connectivity index (χ1) is 10.1. The average Bonchev–Trinajstić information content (AvgIpc) is 2.66. The van der Waals surface area contributed by atoms with Crippen LogP contribution in [0, 0.1) is 0 Å². The summed E-state index contributed by atoms with van der Waals surface area (Å²) in [5, 5.41) is 3.67. The number of allylic oxidation sites excluding steroid dienone is 2. The number of carbonyl (C=O) groups is 1. The van der Waals surface area contributed by atoms with E-state index in [0.29, 0.717) is 5.16 Å². The molecular formula is C16H22ClN3O. The summed E-state index contributed by atoms with van der Waals surface area (Å²) in [5.41, 5.74) is 1.51. The summed E-state index contributed by atoms with van der Waals surface area (Å²) < 4.78 is 0. The molecule has 0 aliphatic carbocycles. The smallest absolute Gasteiger partial charge is 0.250 e. The molecule has 1 atom stereocenters. The molecule has 1 unspecified atom stereocenters. The SMILES string of the molecule is CCC1=C(Cl)N=C2C(=CC1)NC(=O)C1(CC)CCCCN21. The van der Waals surface area contributed by atoms with Gasteiger partial charge in [0.15, 0.2) is 5.84 Å². The Kier molecular flexibility index (Phi) is 3.82. The van der Waals surface area contributed by atoms with Gasteiger partial charge < -0.3 is 10.2 Å². The molecule has 0 saturated carbocycles. The third kappa shape index (κ3) is 2.20. The Labute approximate surface area is 130 Å². The van der Waals surface area contributed by atoms with Crippen LogP contribution in [0.15, 0.2) is 27.5 Å². The predicted molar refractivity (Wildman–Crippen MR) is 85.0 cm³/mol. The molecule has 4 nitrogen and oxygen atoms in total. The van der Waals surface area contributed by atoms with E-state index in [9.17, 15) is 4.79 Å². The second-order valence-corrected chi connectivity index (χ2v) is 6.31. The van der Waals surface area contributed by atoms with Gasteiger partial charge in [0.05, 0.1) is 5.70 Å². The fourth-order valence-electron chi connectivity index (χ4n) is 3.58. The summed E-state index contributed by atoms with van der Waals surface area (Å²) in [6, 6.07) is 0. The molecule has 3 aliphatic rings. The topological polar surface area (TPSA) is 44.7 Å². The number of amides is 1. The Morgan fingerprint density at radius 3 is 2.95 bits per heavy atom. The molecule has 5 heteroatoms. The highest BCUT2D eigenvalue weighted by Gasteiger charge is 2.49. The van der Waals surface area contributed by atoms with Crippen molar-refractivity contribution in [3.8, 4) is 0 Å². The van der Waals surface area contributed by atoms with Crippen LogP contribution in [0.2, 0.25) is 0 Å². The Hall–Kier alpha value is -1.29. The standard InChI is InChI=1S/C16H22ClN3O/c1-3-11-7-8-12-14(19-13(11)17)20-10-6-5-9-16(20,4-2)15(21)18-12/h8H,3-7,9-10H2,1-2H3,(H,18,21). The highest BCUT2D eigenvalue weighted by molar-refractivity contribution is 6.31. The molecule has 1 amide bonds. The number of rotatable bonds is 2. The number of carbonyl (C=O) groups excluding carboxylic acids is 1. The zero-order chi connectivity index (χ0) is 15.0. The van der Waals surface area contributed by atoms with Crippen molar-refractivity contribution in [2.24, 2.45) is 4.99 Å². The molecular weight excluding hydrogens is 286 g/mol. The van der Waals surface area contributed by atoms with E-state index in [4.69, 9.17) is 11.6 Å². The van der Waals surface area contributed by atoms with E-state index in [0.717, 1.165) is 62.2 Å². The van der Waals surface area contributed by atoms with Crippen LogP contribution in [0.4, 0.5) is 0 Å². The number of nitrogens with one attached hydrogen (secondary N) is 1. The minimum Gasteiger partial charge on any atom is -0.340 e. The fraction of sp³-hybridized carbons (Fsp3) is 0.625. The zero-order valence-electron chi connectivity index (χ0n) is 12.7. The number of hydrogen-bond acceptors (Lipinski definition) is 3. The van der Waals surface area contributed by atoms with Crippen molar-refractivity contribution in [1.29, 1.82) is 0 Å². The summed E-state index contributed by atoms with van der Waals surface area (Å²) in [6.45, 7) is 5.04. The van der Waals surface area contributed by atoms with Crippen LogP contribution < -0.4 is 5.32 Å². The summed E-state index contributed by atoms with van der Waals surface area (Å²) in [7, 11) is 0. The third-order valence-corrected chi connectivity index (χ3v) is 5.32. The lowest BCUT2D eigenvalue weighted by atomic mass is 9.81. The molecule has 2 fully saturated rings. The fourth-order valence-corrected chi connectivity index (χ4v) is 3.87. The van der Waals surface area contributed by atoms with Crippen molar-refractivity contribution in [1.82, 2.24) is 10.2 Å². The second-order valence-electron chi connectivity index (χ2n) is 5.95. The normalized spacial score (nSPS) is 29.1. The highest BCUT2D eigenvalue weighted by Crippen LogP contribution is 2.37. The van der Waals surface area contributed by atoms with E-state index in [2.05, 4.69) is 35.1 Å². The number of fused-ring (bicyclic) bond motifs is 3. The largest absolute Gasteiger partial charge is 0.340 e. The number of hydrogen-bond donors (Lipinski definition) is 1. The minimum atomic E-state index is -0.442. The van der Waals surface area contributed by atoms with Gasteiger partial charge in [0, 0.05) is 6.54 Å². The van der Waals surface area contributed by atoms with Crippen LogP contribution in [0.25, 0.3) is 0 Å². The van der Waals surface area contributed by atoms with Crippen molar-refractivity contribution in [3.05, 3.63) is 22.5 Å². The Balaban J connectivity index is 2.09. The highest BCUT2D eigenvalue weighted by atomic mass is 35.5. The quantitative estimate of drug-likeness (QED) is 0.796. The molecule has 0 radical (unpaired) electrons. The summed E-state index contributed by atoms with van der Waals surface area (Å²) in [5.74, 6) is 0.968. The van der Waals surface area contributed by atoms with E-state index in [-0.39, 0.29) is 5.91 Å². The summed E-state index contributed by atoms with van der Waals surface area (Å²) in [4.78, 5) is 19.5. The molecule has 2 saturated heterocycles. The van der Waals surface area contributed by atoms with Crippen LogP contribution in [0.5, 0.6) is 0 Å². The molecule has 1 N–H and O–H groups in total. The molecule has 0 bridgehead atoms. The van der Waals surface area contributed by atoms with Gasteiger partial charge >= 0.3 is 0 Å². The maximum Gasteiger partial charge on any atom is 0.250 e. The number of amidine groups is 1. The van der Waals surface area contributed by atoms with Crippen LogP contribution in [-0.2, 0) is 4.79 Å². The summed E-state index contributed by atoms with van der Waals surface area (Å²) >= 11 is 6.38. The van der Waals surface area contributed by atoms with Crippen LogP contribution in [-0.4, -0.2) is 28.7 Å². The lowest BCUT2D eigenvalue weighted by Crippen LogP contribution is -2.67. The number of aliphatic imine (C=N–C) groups is 1. The number of halogens is 1. The predicted octanol–water partition coefficient (Wildman–Crippen LogP) is 3.30. The van der Waals surface area contributed by atoms with Crippen LogP contribution >= 0.6 is 11.6 Å². The van der Waals surface area contributed by atoms with Crippen molar-refractivity contribution in [2.45, 2.75) is 57.9 Å². The Bertz CT molecular complexity index is 564. The van der Waals surface area contributed by atoms with Gasteiger partial charge in [0.2, 0.25) is 5.91 Å². The minimum absolute atomic E-state index is 0.117. The van der Waals surface area contributed by atoms with Gasteiger partial charge in [0.1, 0.15) is 10.7 Å². The van der Waals surface area contributed by atoms with Gasteiger partial charge in [-0.05, 0) is 44.1 Å². The van der Waals surface area contributed by atoms with Gasteiger partial charge in [-0.2, -0.15) is 0 Å². The van der Waals surface area contributed by atoms with E-state index in [1.165, 1.54) is 0 Å². The molecule has 0 aromatic carbocycles. The molecule has 21 heavy (non-hydrogen) atoms. The van der Waals surface area contributed by atoms with Gasteiger partial charge in [-0.15, -0.1) is 0 Å². The molecule has 0 spiro atoms. The molecule has 3 rings (SSSR count). The van der Waals surface area contributed by atoms with Crippen molar-refractivity contribution in [2.75, 3.05) is 6.54 Å². The Morgan fingerprint density at radius 2 is 2.24 bits per heavy atom. The second kappa shape index (κ2) is 5.48. The molecule has 0 aromatic rings. The third-order valence-electron chi connectivity index (χ3n) is 4.97. The van der Waals surface area contributed by atoms with Gasteiger partial charge in [-0.25, -0.2) is 4.99 Å². The number of piperazine rings is 1. The van der Waals surface area contributed by atoms with E-state index < -0.39 is 5.54 Å². The molecule has 3 aliphatic heterocycles. The average molecular weight is 308 g/mol. The van der Waals surface area contributed by atoms with E-state index >= 15 is 0 Å². The van der Waals surface area contributed by atoms with E-state index in [1.807, 2.05) is 0 Å². The van der Waals surface area contributed by atoms with Crippen molar-refractivity contribution >= 4 is 23.3 Å². The summed E-state index contributed by atoms with van der Waals surface area (Å²) in [6.07, 6.45) is 7.57. The van der Waals surface area contributed by atoms with Gasteiger partial charge in [-0.1, -0.05) is 31.5 Å². The Morgan fingerprint density at radius 1 is 1.43 bits per heavy atom. The first-order valence-electron chi connectivity index (χ1n) is 7.88. The van der Waals surface area contributed by atoms with Crippen molar-refractivity contribution < 1.29 is 4.79 Å². The van der Waals surface area contributed by atoms with Crippen LogP contribution in [0.3, 0.4) is 0 Å². The lowest BCUT2D eigenvalue weighted by Gasteiger charge is -2.50. The maximum atomic E-state index is 12.7. The number of nitrogens with zero attached hydrogens (tertiary/aromatic N) is 2. The molecule has 114 valence electrons. The first-order valence-corrected chi connectivity index (χ1v) is 8.26. The van der Waals surface area contributed by atoms with Gasteiger partial charge in [-0.3, -0.25) is 4.79 Å². The molecule has 0 aromatic heterocycles. The maximum absolute atomic E-state index is 12.7. The van der Waals surface area contributed by atoms with Crippen molar-refractivity contribution in [3.63, 3.8) is 0 Å². The van der Waals surface area contributed by atoms with E-state index in [1.54, 1.807) is 0 Å². The van der Waals surface area contributed by atoms with Gasteiger partial charge in [0.25, 0.3) is 0 Å². The number of piperidine rings is 1. The molecule has 3 heterocycles. The van der Waals surface area contributed by atoms with Crippen LogP contribution in [0.1, 0.15) is 52.4 Å². The monoisotopic (exact) mass is 307 g/mol. The zero-order valence-corrected chi connectivity index (χ0v) is 13.5. The first kappa shape index (κ1) is 14.6.